The summed E-state index contributed by atoms with van der Waals surface area (Å²) in [6.45, 7) is 2.34. The molecule has 0 radical (unpaired) electrons. The number of halogens is 2. The number of carbonyl (C=O) groups excluding carboxylic acids is 1. The van der Waals surface area contributed by atoms with Gasteiger partial charge in [0.05, 0.1) is 12.2 Å². The molecule has 2 nitrogen and oxygen atoms in total. The summed E-state index contributed by atoms with van der Waals surface area (Å²) >= 11 is 3.40. The van der Waals surface area contributed by atoms with Gasteiger partial charge in [-0.2, -0.15) is 0 Å². The minimum absolute atomic E-state index is 0.216. The van der Waals surface area contributed by atoms with E-state index in [9.17, 15) is 9.18 Å². The van der Waals surface area contributed by atoms with Crippen LogP contribution in [0.4, 0.5) is 4.39 Å². The topological polar surface area (TPSA) is 26.3 Å². The van der Waals surface area contributed by atoms with Crippen molar-refractivity contribution in [3.8, 4) is 5.75 Å². The average molecular weight is 335 g/mol. The van der Waals surface area contributed by atoms with Crippen LogP contribution in [0, 0.1) is 12.7 Å². The summed E-state index contributed by atoms with van der Waals surface area (Å²) in [4.78, 5) is 12.6. The van der Waals surface area contributed by atoms with Crippen LogP contribution >= 0.6 is 15.9 Å². The average Bonchev–Trinajstić information content (AvgIpc) is 2.83. The van der Waals surface area contributed by atoms with Crippen molar-refractivity contribution >= 4 is 21.7 Å². The molecule has 4 heteroatoms. The fourth-order valence-electron chi connectivity index (χ4n) is 2.46. The Kier molecular flexibility index (Phi) is 3.34. The van der Waals surface area contributed by atoms with Crippen LogP contribution < -0.4 is 4.74 Å². The van der Waals surface area contributed by atoms with E-state index in [0.29, 0.717) is 23.5 Å². The maximum absolute atomic E-state index is 13.5. The fraction of sp³-hybridized carbons (Fsp3) is 0.188. The normalized spacial score (nSPS) is 12.9. The van der Waals surface area contributed by atoms with Crippen LogP contribution in [0.3, 0.4) is 0 Å². The largest absolute Gasteiger partial charge is 0.492 e. The molecule has 1 aliphatic heterocycles. The SMILES string of the molecule is Cc1cc(F)cc(C(=O)c2cc(Br)cc3c2OCC3)c1. The van der Waals surface area contributed by atoms with Crippen molar-refractivity contribution in [3.63, 3.8) is 0 Å². The Labute approximate surface area is 124 Å². The molecule has 0 saturated carbocycles. The fourth-order valence-corrected chi connectivity index (χ4v) is 2.97. The highest BCUT2D eigenvalue weighted by Gasteiger charge is 2.23. The van der Waals surface area contributed by atoms with Gasteiger partial charge >= 0.3 is 0 Å². The number of rotatable bonds is 2. The molecule has 102 valence electrons. The van der Waals surface area contributed by atoms with E-state index < -0.39 is 5.82 Å². The van der Waals surface area contributed by atoms with Crippen molar-refractivity contribution in [2.75, 3.05) is 6.61 Å². The summed E-state index contributed by atoms with van der Waals surface area (Å²) in [7, 11) is 0. The Morgan fingerprint density at radius 2 is 2.05 bits per heavy atom. The summed E-state index contributed by atoms with van der Waals surface area (Å²) in [5.74, 6) is 0.00748. The van der Waals surface area contributed by atoms with Gasteiger partial charge in [0.25, 0.3) is 0 Å². The molecular weight excluding hydrogens is 323 g/mol. The summed E-state index contributed by atoms with van der Waals surface area (Å²) in [5.41, 5.74) is 2.56. The van der Waals surface area contributed by atoms with Gasteiger partial charge in [0, 0.05) is 16.5 Å². The Balaban J connectivity index is 2.11. The van der Waals surface area contributed by atoms with Crippen molar-refractivity contribution in [1.82, 2.24) is 0 Å². The van der Waals surface area contributed by atoms with Crippen molar-refractivity contribution in [2.45, 2.75) is 13.3 Å². The highest BCUT2D eigenvalue weighted by atomic mass is 79.9. The predicted molar refractivity (Wildman–Crippen MR) is 77.9 cm³/mol. The van der Waals surface area contributed by atoms with Crippen LogP contribution in [0.25, 0.3) is 0 Å². The monoisotopic (exact) mass is 334 g/mol. The molecule has 3 rings (SSSR count). The second-order valence-electron chi connectivity index (χ2n) is 4.89. The zero-order valence-electron chi connectivity index (χ0n) is 10.9. The van der Waals surface area contributed by atoms with Crippen LogP contribution in [0.2, 0.25) is 0 Å². The van der Waals surface area contributed by atoms with Crippen molar-refractivity contribution in [1.29, 1.82) is 0 Å². The molecule has 0 fully saturated rings. The number of hydrogen-bond donors (Lipinski definition) is 0. The van der Waals surface area contributed by atoms with Crippen LogP contribution in [0.1, 0.15) is 27.0 Å². The van der Waals surface area contributed by atoms with E-state index in [1.807, 2.05) is 6.07 Å². The van der Waals surface area contributed by atoms with Crippen molar-refractivity contribution < 1.29 is 13.9 Å². The number of ketones is 1. The highest BCUT2D eigenvalue weighted by Crippen LogP contribution is 2.34. The third-order valence-electron chi connectivity index (χ3n) is 3.30. The van der Waals surface area contributed by atoms with E-state index >= 15 is 0 Å². The highest BCUT2D eigenvalue weighted by molar-refractivity contribution is 9.10. The summed E-state index contributed by atoms with van der Waals surface area (Å²) < 4.78 is 19.8. The van der Waals surface area contributed by atoms with Gasteiger partial charge in [-0.3, -0.25) is 4.79 Å². The van der Waals surface area contributed by atoms with Crippen molar-refractivity contribution in [2.24, 2.45) is 0 Å². The molecule has 0 aliphatic carbocycles. The molecule has 0 N–H and O–H groups in total. The summed E-state index contributed by atoms with van der Waals surface area (Å²) in [6, 6.07) is 8.03. The molecule has 1 heterocycles. The molecule has 0 bridgehead atoms. The third kappa shape index (κ3) is 2.36. The number of hydrogen-bond acceptors (Lipinski definition) is 2. The lowest BCUT2D eigenvalue weighted by atomic mass is 9.98. The minimum Gasteiger partial charge on any atom is -0.492 e. The lowest BCUT2D eigenvalue weighted by Crippen LogP contribution is -2.05. The van der Waals surface area contributed by atoms with E-state index in [4.69, 9.17) is 4.74 Å². The Morgan fingerprint density at radius 1 is 1.25 bits per heavy atom. The van der Waals surface area contributed by atoms with Gasteiger partial charge in [0.15, 0.2) is 5.78 Å². The number of carbonyl (C=O) groups is 1. The van der Waals surface area contributed by atoms with Gasteiger partial charge in [-0.05, 0) is 48.4 Å². The van der Waals surface area contributed by atoms with Gasteiger partial charge in [0.2, 0.25) is 0 Å². The second kappa shape index (κ2) is 5.02. The first-order valence-corrected chi connectivity index (χ1v) is 7.11. The molecule has 0 saturated heterocycles. The Hall–Kier alpha value is -1.68. The number of ether oxygens (including phenoxy) is 1. The van der Waals surface area contributed by atoms with Gasteiger partial charge in [-0.1, -0.05) is 15.9 Å². The first kappa shape index (κ1) is 13.3. The van der Waals surface area contributed by atoms with E-state index in [1.54, 1.807) is 19.1 Å². The first-order valence-electron chi connectivity index (χ1n) is 6.32. The molecule has 0 amide bonds. The standard InChI is InChI=1S/C16H12BrFO2/c1-9-4-11(7-13(18)5-9)15(19)14-8-12(17)6-10-2-3-20-16(10)14/h4-8H,2-3H2,1H3. The Morgan fingerprint density at radius 3 is 2.80 bits per heavy atom. The second-order valence-corrected chi connectivity index (χ2v) is 5.80. The number of aryl methyl sites for hydroxylation is 1. The van der Waals surface area contributed by atoms with Crippen LogP contribution in [0.5, 0.6) is 5.75 Å². The van der Waals surface area contributed by atoms with E-state index in [1.165, 1.54) is 12.1 Å². The lowest BCUT2D eigenvalue weighted by Gasteiger charge is -2.09. The van der Waals surface area contributed by atoms with Gasteiger partial charge in [0.1, 0.15) is 11.6 Å². The molecular formula is C16H12BrFO2. The molecule has 0 unspecified atom stereocenters. The van der Waals surface area contributed by atoms with Crippen LogP contribution in [-0.4, -0.2) is 12.4 Å². The predicted octanol–water partition coefficient (Wildman–Crippen LogP) is 4.06. The quantitative estimate of drug-likeness (QED) is 0.774. The van der Waals surface area contributed by atoms with Crippen molar-refractivity contribution in [3.05, 3.63) is 62.9 Å². The minimum atomic E-state index is -0.402. The maximum atomic E-state index is 13.5. The lowest BCUT2D eigenvalue weighted by molar-refractivity contribution is 0.103. The number of benzene rings is 2. The summed E-state index contributed by atoms with van der Waals surface area (Å²) in [5, 5.41) is 0. The maximum Gasteiger partial charge on any atom is 0.196 e. The van der Waals surface area contributed by atoms with Crippen LogP contribution in [0.15, 0.2) is 34.8 Å². The molecule has 2 aromatic rings. The molecule has 0 aromatic heterocycles. The third-order valence-corrected chi connectivity index (χ3v) is 3.76. The molecule has 2 aromatic carbocycles. The van der Waals surface area contributed by atoms with Gasteiger partial charge in [-0.15, -0.1) is 0 Å². The smallest absolute Gasteiger partial charge is 0.196 e. The number of fused-ring (bicyclic) bond motifs is 1. The van der Waals surface area contributed by atoms with Crippen LogP contribution in [-0.2, 0) is 6.42 Å². The zero-order chi connectivity index (χ0) is 14.3. The van der Waals surface area contributed by atoms with Gasteiger partial charge < -0.3 is 4.74 Å². The van der Waals surface area contributed by atoms with E-state index in [2.05, 4.69) is 15.9 Å². The van der Waals surface area contributed by atoms with E-state index in [0.717, 1.165) is 22.0 Å². The van der Waals surface area contributed by atoms with Gasteiger partial charge in [-0.25, -0.2) is 4.39 Å². The molecule has 20 heavy (non-hydrogen) atoms. The molecule has 1 aliphatic rings. The Bertz CT molecular complexity index is 690. The first-order chi connectivity index (χ1) is 9.54. The summed E-state index contributed by atoms with van der Waals surface area (Å²) in [6.07, 6.45) is 0.789. The molecule has 0 atom stereocenters. The zero-order valence-corrected chi connectivity index (χ0v) is 12.5. The molecule has 0 spiro atoms. The van der Waals surface area contributed by atoms with E-state index in [-0.39, 0.29) is 5.78 Å².